The van der Waals surface area contributed by atoms with Crippen LogP contribution < -0.4 is 5.32 Å². The molecule has 3 heterocycles. The first-order valence-electron chi connectivity index (χ1n) is 10.7. The Morgan fingerprint density at radius 1 is 1.21 bits per heavy atom. The highest BCUT2D eigenvalue weighted by Gasteiger charge is 2.32. The van der Waals surface area contributed by atoms with Crippen molar-refractivity contribution in [2.45, 2.75) is 45.7 Å². The molecule has 29 heavy (non-hydrogen) atoms. The van der Waals surface area contributed by atoms with Gasteiger partial charge in [0.25, 0.3) is 0 Å². The first-order chi connectivity index (χ1) is 14.0. The van der Waals surface area contributed by atoms with Gasteiger partial charge in [-0.05, 0) is 40.2 Å². The molecule has 156 valence electrons. The standard InChI is InChI=1S/C22H31N5O2/c1-15-4-6-18(7-5-15)20-24-21(29-25-20)17(3)26-10-12-27(13-11-26)22(28)19-8-9-23-16(2)14-19/h4-7,16-17,19,23H,8-14H2,1-3H3/t16-,17?,19-/m0/s1. The number of rotatable bonds is 4. The maximum Gasteiger partial charge on any atom is 0.244 e. The van der Waals surface area contributed by atoms with Crippen LogP contribution in [0.5, 0.6) is 0 Å². The number of nitrogens with one attached hydrogen (secondary N) is 1. The second-order valence-electron chi connectivity index (χ2n) is 8.44. The molecule has 0 radical (unpaired) electrons. The number of aromatic nitrogens is 2. The van der Waals surface area contributed by atoms with Crippen LogP contribution in [0.15, 0.2) is 28.8 Å². The summed E-state index contributed by atoms with van der Waals surface area (Å²) in [6.07, 6.45) is 1.89. The van der Waals surface area contributed by atoms with Gasteiger partial charge in [0.05, 0.1) is 6.04 Å². The smallest absolute Gasteiger partial charge is 0.244 e. The van der Waals surface area contributed by atoms with Gasteiger partial charge >= 0.3 is 0 Å². The van der Waals surface area contributed by atoms with E-state index in [-0.39, 0.29) is 12.0 Å². The molecule has 1 aromatic heterocycles. The Balaban J connectivity index is 1.34. The van der Waals surface area contributed by atoms with Gasteiger partial charge in [0.2, 0.25) is 17.6 Å². The highest BCUT2D eigenvalue weighted by atomic mass is 16.5. The topological polar surface area (TPSA) is 74.5 Å². The molecule has 0 bridgehead atoms. The zero-order chi connectivity index (χ0) is 20.4. The number of aryl methyl sites for hydroxylation is 1. The molecule has 0 saturated carbocycles. The van der Waals surface area contributed by atoms with Crippen LogP contribution in [0.3, 0.4) is 0 Å². The number of nitrogens with zero attached hydrogens (tertiary/aromatic N) is 4. The molecule has 2 saturated heterocycles. The van der Waals surface area contributed by atoms with Crippen molar-refractivity contribution < 1.29 is 9.32 Å². The van der Waals surface area contributed by atoms with E-state index in [0.29, 0.717) is 23.7 Å². The van der Waals surface area contributed by atoms with Gasteiger partial charge in [-0.1, -0.05) is 35.0 Å². The molecule has 7 heteroatoms. The first-order valence-corrected chi connectivity index (χ1v) is 10.7. The third-order valence-corrected chi connectivity index (χ3v) is 6.26. The lowest BCUT2D eigenvalue weighted by molar-refractivity contribution is -0.138. The van der Waals surface area contributed by atoms with Crippen LogP contribution in [0.1, 0.15) is 44.2 Å². The molecule has 7 nitrogen and oxygen atoms in total. The Morgan fingerprint density at radius 3 is 2.62 bits per heavy atom. The Morgan fingerprint density at radius 2 is 1.93 bits per heavy atom. The molecule has 1 unspecified atom stereocenters. The van der Waals surface area contributed by atoms with Crippen LogP contribution in [-0.2, 0) is 4.79 Å². The molecule has 1 amide bonds. The normalized spacial score (nSPS) is 24.4. The third kappa shape index (κ3) is 4.51. The number of piperazine rings is 1. The summed E-state index contributed by atoms with van der Waals surface area (Å²) in [4.78, 5) is 21.8. The van der Waals surface area contributed by atoms with Gasteiger partial charge in [-0.25, -0.2) is 0 Å². The van der Waals surface area contributed by atoms with E-state index < -0.39 is 0 Å². The van der Waals surface area contributed by atoms with E-state index >= 15 is 0 Å². The van der Waals surface area contributed by atoms with Gasteiger partial charge in [-0.2, -0.15) is 4.98 Å². The summed E-state index contributed by atoms with van der Waals surface area (Å²) >= 11 is 0. The van der Waals surface area contributed by atoms with Gasteiger partial charge in [0, 0.05) is 43.7 Å². The zero-order valence-electron chi connectivity index (χ0n) is 17.6. The second-order valence-corrected chi connectivity index (χ2v) is 8.44. The summed E-state index contributed by atoms with van der Waals surface area (Å²) in [5.41, 5.74) is 2.17. The largest absolute Gasteiger partial charge is 0.340 e. The molecule has 0 spiro atoms. The molecular weight excluding hydrogens is 366 g/mol. The summed E-state index contributed by atoms with van der Waals surface area (Å²) < 4.78 is 5.56. The lowest BCUT2D eigenvalue weighted by Crippen LogP contribution is -2.52. The van der Waals surface area contributed by atoms with E-state index in [1.54, 1.807) is 0 Å². The molecule has 0 aliphatic carbocycles. The molecule has 3 atom stereocenters. The van der Waals surface area contributed by atoms with Crippen molar-refractivity contribution in [3.05, 3.63) is 35.7 Å². The summed E-state index contributed by atoms with van der Waals surface area (Å²) in [5, 5.41) is 7.58. The predicted octanol–water partition coefficient (Wildman–Crippen LogP) is 2.64. The van der Waals surface area contributed by atoms with Gasteiger partial charge in [-0.3, -0.25) is 9.69 Å². The van der Waals surface area contributed by atoms with Crippen molar-refractivity contribution in [1.82, 2.24) is 25.3 Å². The van der Waals surface area contributed by atoms with Crippen LogP contribution in [0.2, 0.25) is 0 Å². The van der Waals surface area contributed by atoms with Gasteiger partial charge in [-0.15, -0.1) is 0 Å². The minimum Gasteiger partial charge on any atom is -0.340 e. The van der Waals surface area contributed by atoms with E-state index in [1.807, 2.05) is 29.2 Å². The fourth-order valence-electron chi connectivity index (χ4n) is 4.32. The Bertz CT molecular complexity index is 826. The number of piperidine rings is 1. The summed E-state index contributed by atoms with van der Waals surface area (Å²) in [5.74, 6) is 1.75. The Kier molecular flexibility index (Phi) is 5.96. The number of hydrogen-bond donors (Lipinski definition) is 1. The van der Waals surface area contributed by atoms with Crippen LogP contribution in [0.4, 0.5) is 0 Å². The average Bonchev–Trinajstić information content (AvgIpc) is 3.23. The van der Waals surface area contributed by atoms with Crippen LogP contribution in [0, 0.1) is 12.8 Å². The minimum atomic E-state index is 0.0397. The molecule has 2 fully saturated rings. The van der Waals surface area contributed by atoms with E-state index in [2.05, 4.69) is 41.1 Å². The number of carbonyl (C=O) groups is 1. The van der Waals surface area contributed by atoms with Crippen molar-refractivity contribution in [2.75, 3.05) is 32.7 Å². The molecule has 1 N–H and O–H groups in total. The first kappa shape index (κ1) is 20.0. The van der Waals surface area contributed by atoms with Crippen molar-refractivity contribution >= 4 is 5.91 Å². The van der Waals surface area contributed by atoms with Crippen molar-refractivity contribution in [3.63, 3.8) is 0 Å². The van der Waals surface area contributed by atoms with Gasteiger partial charge < -0.3 is 14.7 Å². The van der Waals surface area contributed by atoms with E-state index in [1.165, 1.54) is 5.56 Å². The highest BCUT2D eigenvalue weighted by molar-refractivity contribution is 5.79. The molecule has 1 aromatic carbocycles. The van der Waals surface area contributed by atoms with Crippen LogP contribution in [0.25, 0.3) is 11.4 Å². The molecule has 2 aliphatic heterocycles. The third-order valence-electron chi connectivity index (χ3n) is 6.26. The lowest BCUT2D eigenvalue weighted by atomic mass is 9.92. The Hall–Kier alpha value is -2.25. The quantitative estimate of drug-likeness (QED) is 0.855. The van der Waals surface area contributed by atoms with Crippen molar-refractivity contribution in [2.24, 2.45) is 5.92 Å². The molecule has 2 aromatic rings. The Labute approximate surface area is 172 Å². The second kappa shape index (κ2) is 8.63. The van der Waals surface area contributed by atoms with Crippen molar-refractivity contribution in [3.8, 4) is 11.4 Å². The lowest BCUT2D eigenvalue weighted by Gasteiger charge is -2.39. The predicted molar refractivity (Wildman–Crippen MR) is 111 cm³/mol. The van der Waals surface area contributed by atoms with Gasteiger partial charge in [0.15, 0.2) is 0 Å². The maximum absolute atomic E-state index is 12.9. The average molecular weight is 398 g/mol. The maximum atomic E-state index is 12.9. The van der Waals surface area contributed by atoms with Crippen molar-refractivity contribution in [1.29, 1.82) is 0 Å². The fraction of sp³-hybridized carbons (Fsp3) is 0.591. The number of carbonyl (C=O) groups excluding carboxylic acids is 1. The van der Waals surface area contributed by atoms with E-state index in [0.717, 1.165) is 51.1 Å². The fourth-order valence-corrected chi connectivity index (χ4v) is 4.32. The van der Waals surface area contributed by atoms with Gasteiger partial charge in [0.1, 0.15) is 0 Å². The van der Waals surface area contributed by atoms with Crippen LogP contribution >= 0.6 is 0 Å². The SMILES string of the molecule is Cc1ccc(-c2noc(C(C)N3CCN(C(=O)[C@H]4CCN[C@@H](C)C4)CC3)n2)cc1. The van der Waals surface area contributed by atoms with E-state index in [4.69, 9.17) is 4.52 Å². The number of amides is 1. The summed E-state index contributed by atoms with van der Waals surface area (Å²) in [6.45, 7) is 10.4. The monoisotopic (exact) mass is 397 g/mol. The van der Waals surface area contributed by atoms with Crippen LogP contribution in [-0.4, -0.2) is 64.6 Å². The summed E-state index contributed by atoms with van der Waals surface area (Å²) in [6, 6.07) is 8.60. The molecule has 2 aliphatic rings. The summed E-state index contributed by atoms with van der Waals surface area (Å²) in [7, 11) is 0. The van der Waals surface area contributed by atoms with E-state index in [9.17, 15) is 4.79 Å². The number of hydrogen-bond acceptors (Lipinski definition) is 6. The number of benzene rings is 1. The zero-order valence-corrected chi connectivity index (χ0v) is 17.6. The molecular formula is C22H31N5O2. The molecule has 4 rings (SSSR count). The minimum absolute atomic E-state index is 0.0397. The highest BCUT2D eigenvalue weighted by Crippen LogP contribution is 2.25.